The molecule has 0 saturated carbocycles. The van der Waals surface area contributed by atoms with Crippen molar-refractivity contribution in [3.8, 4) is 0 Å². The second-order valence-electron chi connectivity index (χ2n) is 4.89. The molecule has 3 N–H and O–H groups in total. The maximum Gasteiger partial charge on any atom is 0.317 e. The Morgan fingerprint density at radius 1 is 1.33 bits per heavy atom. The number of urea groups is 1. The number of hydrogen-bond donors (Lipinski definition) is 2. The van der Waals surface area contributed by atoms with Crippen molar-refractivity contribution in [2.75, 3.05) is 26.7 Å². The Bertz CT molecular complexity index is 397. The second kappa shape index (κ2) is 5.40. The third-order valence-corrected chi connectivity index (χ3v) is 4.00. The largest absolute Gasteiger partial charge is 0.341 e. The Hall–Kier alpha value is -1.55. The molecule has 1 aliphatic heterocycles. The van der Waals surface area contributed by atoms with E-state index in [2.05, 4.69) is 29.6 Å². The minimum atomic E-state index is 0.00804. The summed E-state index contributed by atoms with van der Waals surface area (Å²) in [5, 5.41) is 2.68. The van der Waals surface area contributed by atoms with E-state index < -0.39 is 0 Å². The zero-order valence-electron chi connectivity index (χ0n) is 10.9. The lowest BCUT2D eigenvalue weighted by Crippen LogP contribution is -2.50. The molecular formula is C14H21N3O. The topological polar surface area (TPSA) is 58.4 Å². The molecule has 1 aliphatic rings. The first-order valence-corrected chi connectivity index (χ1v) is 6.44. The zero-order valence-corrected chi connectivity index (χ0v) is 10.9. The maximum absolute atomic E-state index is 11.6. The molecule has 1 aromatic carbocycles. The van der Waals surface area contributed by atoms with Crippen LogP contribution in [0.25, 0.3) is 0 Å². The van der Waals surface area contributed by atoms with Crippen LogP contribution in [0.4, 0.5) is 4.79 Å². The van der Waals surface area contributed by atoms with Crippen LogP contribution in [0.3, 0.4) is 0 Å². The third-order valence-electron chi connectivity index (χ3n) is 4.00. The summed E-state index contributed by atoms with van der Waals surface area (Å²) in [5.74, 6) is 0. The summed E-state index contributed by atoms with van der Waals surface area (Å²) < 4.78 is 0. The van der Waals surface area contributed by atoms with Gasteiger partial charge >= 0.3 is 6.03 Å². The number of carbonyl (C=O) groups is 1. The highest BCUT2D eigenvalue weighted by Gasteiger charge is 2.35. The molecule has 0 atom stereocenters. The normalized spacial score (nSPS) is 18.4. The number of hydrogen-bond acceptors (Lipinski definition) is 2. The van der Waals surface area contributed by atoms with Crippen LogP contribution in [0.15, 0.2) is 30.3 Å². The van der Waals surface area contributed by atoms with E-state index in [0.29, 0.717) is 6.54 Å². The summed E-state index contributed by atoms with van der Waals surface area (Å²) in [6, 6.07) is 10.4. The van der Waals surface area contributed by atoms with Gasteiger partial charge in [-0.05, 0) is 18.4 Å². The van der Waals surface area contributed by atoms with Gasteiger partial charge in [0.1, 0.15) is 0 Å². The molecular weight excluding hydrogens is 226 g/mol. The summed E-state index contributed by atoms with van der Waals surface area (Å²) in [7, 11) is 1.67. The molecule has 18 heavy (non-hydrogen) atoms. The standard InChI is InChI=1S/C14H21N3O/c1-16-13(18)17-9-7-14(11-15,8-10-17)12-5-3-2-4-6-12/h2-6H,7-11,15H2,1H3,(H,16,18). The van der Waals surface area contributed by atoms with Crippen LogP contribution >= 0.6 is 0 Å². The van der Waals surface area contributed by atoms with E-state index >= 15 is 0 Å². The van der Waals surface area contributed by atoms with Crippen LogP contribution in [0.5, 0.6) is 0 Å². The Morgan fingerprint density at radius 3 is 2.44 bits per heavy atom. The highest BCUT2D eigenvalue weighted by atomic mass is 16.2. The molecule has 4 nitrogen and oxygen atoms in total. The fourth-order valence-corrected chi connectivity index (χ4v) is 2.70. The Morgan fingerprint density at radius 2 is 1.94 bits per heavy atom. The van der Waals surface area contributed by atoms with Crippen molar-refractivity contribution >= 4 is 6.03 Å². The van der Waals surface area contributed by atoms with Gasteiger partial charge in [-0.15, -0.1) is 0 Å². The van der Waals surface area contributed by atoms with E-state index in [9.17, 15) is 4.79 Å². The Kier molecular flexibility index (Phi) is 3.87. The molecule has 2 rings (SSSR count). The predicted molar refractivity (Wildman–Crippen MR) is 72.4 cm³/mol. The first kappa shape index (κ1) is 12.9. The number of nitrogens with zero attached hydrogens (tertiary/aromatic N) is 1. The fourth-order valence-electron chi connectivity index (χ4n) is 2.70. The second-order valence-corrected chi connectivity index (χ2v) is 4.89. The van der Waals surface area contributed by atoms with Crippen molar-refractivity contribution in [2.45, 2.75) is 18.3 Å². The minimum absolute atomic E-state index is 0.00804. The van der Waals surface area contributed by atoms with Gasteiger partial charge in [-0.3, -0.25) is 0 Å². The van der Waals surface area contributed by atoms with E-state index in [1.54, 1.807) is 7.05 Å². The van der Waals surface area contributed by atoms with Crippen molar-refractivity contribution in [1.29, 1.82) is 0 Å². The molecule has 4 heteroatoms. The van der Waals surface area contributed by atoms with Crippen LogP contribution in [-0.4, -0.2) is 37.6 Å². The average Bonchev–Trinajstić information content (AvgIpc) is 2.47. The fraction of sp³-hybridized carbons (Fsp3) is 0.500. The lowest BCUT2D eigenvalue weighted by atomic mass is 9.73. The van der Waals surface area contributed by atoms with Crippen LogP contribution in [0.2, 0.25) is 0 Å². The molecule has 0 unspecified atom stereocenters. The molecule has 98 valence electrons. The van der Waals surface area contributed by atoms with Gasteiger partial charge in [0, 0.05) is 32.1 Å². The number of likely N-dealkylation sites (tertiary alicyclic amines) is 1. The molecule has 0 aromatic heterocycles. The molecule has 1 heterocycles. The van der Waals surface area contributed by atoms with Crippen molar-refractivity contribution in [3.05, 3.63) is 35.9 Å². The van der Waals surface area contributed by atoms with E-state index in [4.69, 9.17) is 5.73 Å². The van der Waals surface area contributed by atoms with E-state index in [-0.39, 0.29) is 11.4 Å². The number of piperidine rings is 1. The maximum atomic E-state index is 11.6. The van der Waals surface area contributed by atoms with Gasteiger partial charge in [0.05, 0.1) is 0 Å². The van der Waals surface area contributed by atoms with E-state index in [1.807, 2.05) is 11.0 Å². The SMILES string of the molecule is CNC(=O)N1CCC(CN)(c2ccccc2)CC1. The molecule has 1 aromatic rings. The van der Waals surface area contributed by atoms with Gasteiger partial charge < -0.3 is 16.0 Å². The number of nitrogens with two attached hydrogens (primary N) is 1. The molecule has 0 radical (unpaired) electrons. The number of carbonyl (C=O) groups excluding carboxylic acids is 1. The number of rotatable bonds is 2. The first-order valence-electron chi connectivity index (χ1n) is 6.44. The third kappa shape index (κ3) is 2.34. The smallest absolute Gasteiger partial charge is 0.317 e. The molecule has 0 aliphatic carbocycles. The van der Waals surface area contributed by atoms with E-state index in [0.717, 1.165) is 25.9 Å². The summed E-state index contributed by atoms with van der Waals surface area (Å²) in [5.41, 5.74) is 7.33. The first-order chi connectivity index (χ1) is 8.72. The van der Waals surface area contributed by atoms with Gasteiger partial charge in [-0.2, -0.15) is 0 Å². The summed E-state index contributed by atoms with van der Waals surface area (Å²) in [6.45, 7) is 2.18. The molecule has 0 bridgehead atoms. The van der Waals surface area contributed by atoms with Crippen LogP contribution in [0, 0.1) is 0 Å². The number of benzene rings is 1. The highest BCUT2D eigenvalue weighted by Crippen LogP contribution is 2.34. The van der Waals surface area contributed by atoms with Gasteiger partial charge in [0.15, 0.2) is 0 Å². The summed E-state index contributed by atoms with van der Waals surface area (Å²) in [4.78, 5) is 13.4. The van der Waals surface area contributed by atoms with Crippen LogP contribution < -0.4 is 11.1 Å². The van der Waals surface area contributed by atoms with Gasteiger partial charge in [0.2, 0.25) is 0 Å². The zero-order chi connectivity index (χ0) is 13.0. The Labute approximate surface area is 108 Å². The predicted octanol–water partition coefficient (Wildman–Crippen LogP) is 1.32. The monoisotopic (exact) mass is 247 g/mol. The summed E-state index contributed by atoms with van der Waals surface area (Å²) >= 11 is 0. The number of nitrogens with one attached hydrogen (secondary N) is 1. The van der Waals surface area contributed by atoms with E-state index in [1.165, 1.54) is 5.56 Å². The molecule has 1 saturated heterocycles. The van der Waals surface area contributed by atoms with Crippen LogP contribution in [0.1, 0.15) is 18.4 Å². The number of amides is 2. The average molecular weight is 247 g/mol. The Balaban J connectivity index is 2.12. The van der Waals surface area contributed by atoms with Crippen molar-refractivity contribution in [3.63, 3.8) is 0 Å². The lowest BCUT2D eigenvalue weighted by molar-refractivity contribution is 0.161. The lowest BCUT2D eigenvalue weighted by Gasteiger charge is -2.41. The van der Waals surface area contributed by atoms with Gasteiger partial charge in [0.25, 0.3) is 0 Å². The van der Waals surface area contributed by atoms with Crippen molar-refractivity contribution < 1.29 is 4.79 Å². The summed E-state index contributed by atoms with van der Waals surface area (Å²) in [6.07, 6.45) is 1.86. The quantitative estimate of drug-likeness (QED) is 0.828. The van der Waals surface area contributed by atoms with Crippen LogP contribution in [-0.2, 0) is 5.41 Å². The molecule has 1 fully saturated rings. The molecule has 2 amide bonds. The van der Waals surface area contributed by atoms with Gasteiger partial charge in [-0.1, -0.05) is 30.3 Å². The minimum Gasteiger partial charge on any atom is -0.341 e. The highest BCUT2D eigenvalue weighted by molar-refractivity contribution is 5.73. The molecule has 0 spiro atoms. The van der Waals surface area contributed by atoms with Crippen molar-refractivity contribution in [1.82, 2.24) is 10.2 Å². The van der Waals surface area contributed by atoms with Gasteiger partial charge in [-0.25, -0.2) is 4.79 Å². The van der Waals surface area contributed by atoms with Crippen molar-refractivity contribution in [2.24, 2.45) is 5.73 Å².